The molecule has 1 unspecified atom stereocenters. The minimum Gasteiger partial charge on any atom is -0.310 e. The standard InChI is InChI=1S/C19H31N/c1-8-10-20-17(9-2)13-18-14(3)11-16(12-15(18)4)19(5,6)7/h9,11-12,17,20H,2,8,10,13H2,1,3-7H3. The monoisotopic (exact) mass is 273 g/mol. The molecule has 0 aliphatic rings. The Morgan fingerprint density at radius 3 is 2.15 bits per heavy atom. The van der Waals surface area contributed by atoms with Gasteiger partial charge in [0, 0.05) is 6.04 Å². The largest absolute Gasteiger partial charge is 0.310 e. The van der Waals surface area contributed by atoms with E-state index < -0.39 is 0 Å². The van der Waals surface area contributed by atoms with E-state index in [4.69, 9.17) is 0 Å². The van der Waals surface area contributed by atoms with Crippen molar-refractivity contribution >= 4 is 0 Å². The van der Waals surface area contributed by atoms with Crippen LogP contribution in [-0.2, 0) is 11.8 Å². The number of nitrogens with one attached hydrogen (secondary N) is 1. The summed E-state index contributed by atoms with van der Waals surface area (Å²) >= 11 is 0. The zero-order chi connectivity index (χ0) is 15.3. The number of aryl methyl sites for hydroxylation is 2. The van der Waals surface area contributed by atoms with Crippen molar-refractivity contribution in [3.63, 3.8) is 0 Å². The maximum absolute atomic E-state index is 3.96. The van der Waals surface area contributed by atoms with Crippen molar-refractivity contribution in [3.8, 4) is 0 Å². The summed E-state index contributed by atoms with van der Waals surface area (Å²) in [6, 6.07) is 5.07. The van der Waals surface area contributed by atoms with E-state index in [0.717, 1.165) is 19.4 Å². The third-order valence-electron chi connectivity index (χ3n) is 3.93. The molecule has 1 nitrogen and oxygen atoms in total. The smallest absolute Gasteiger partial charge is 0.0288 e. The highest BCUT2D eigenvalue weighted by Gasteiger charge is 2.17. The number of benzene rings is 1. The number of hydrogen-bond donors (Lipinski definition) is 1. The normalized spacial score (nSPS) is 13.3. The summed E-state index contributed by atoms with van der Waals surface area (Å²) in [6.45, 7) is 18.5. The van der Waals surface area contributed by atoms with E-state index in [1.165, 1.54) is 22.3 Å². The summed E-state index contributed by atoms with van der Waals surface area (Å²) in [5, 5.41) is 3.55. The average Bonchev–Trinajstić information content (AvgIpc) is 2.36. The van der Waals surface area contributed by atoms with Crippen LogP contribution >= 0.6 is 0 Å². The molecule has 0 fully saturated rings. The van der Waals surface area contributed by atoms with Gasteiger partial charge in [-0.25, -0.2) is 0 Å². The molecular formula is C19H31N. The van der Waals surface area contributed by atoms with Crippen molar-refractivity contribution in [2.45, 2.75) is 65.8 Å². The van der Waals surface area contributed by atoms with Gasteiger partial charge in [-0.3, -0.25) is 0 Å². The molecule has 112 valence electrons. The highest BCUT2D eigenvalue weighted by molar-refractivity contribution is 5.41. The second-order valence-electron chi connectivity index (χ2n) is 6.84. The van der Waals surface area contributed by atoms with Crippen molar-refractivity contribution < 1.29 is 0 Å². The zero-order valence-electron chi connectivity index (χ0n) is 14.1. The molecule has 1 aromatic carbocycles. The molecule has 0 heterocycles. The molecule has 0 aliphatic carbocycles. The lowest BCUT2D eigenvalue weighted by atomic mass is 9.83. The first-order valence-corrected chi connectivity index (χ1v) is 7.76. The minimum absolute atomic E-state index is 0.215. The highest BCUT2D eigenvalue weighted by atomic mass is 14.9. The summed E-state index contributed by atoms with van der Waals surface area (Å²) < 4.78 is 0. The molecule has 0 saturated carbocycles. The molecule has 1 rings (SSSR count). The molecule has 1 atom stereocenters. The fourth-order valence-electron chi connectivity index (χ4n) is 2.54. The molecule has 0 amide bonds. The molecule has 0 radical (unpaired) electrons. The fraction of sp³-hybridized carbons (Fsp3) is 0.579. The summed E-state index contributed by atoms with van der Waals surface area (Å²) in [6.07, 6.45) is 4.23. The summed E-state index contributed by atoms with van der Waals surface area (Å²) in [5.41, 5.74) is 5.91. The molecule has 1 N–H and O–H groups in total. The molecule has 0 saturated heterocycles. The molecule has 0 bridgehead atoms. The van der Waals surface area contributed by atoms with Gasteiger partial charge in [0.2, 0.25) is 0 Å². The van der Waals surface area contributed by atoms with E-state index >= 15 is 0 Å². The van der Waals surface area contributed by atoms with Gasteiger partial charge in [-0.15, -0.1) is 6.58 Å². The SMILES string of the molecule is C=CC(Cc1c(C)cc(C(C)(C)C)cc1C)NCCC. The molecule has 1 heteroatoms. The predicted octanol–water partition coefficient (Wildman–Crippen LogP) is 4.70. The second-order valence-corrected chi connectivity index (χ2v) is 6.84. The first-order valence-electron chi connectivity index (χ1n) is 7.76. The Morgan fingerprint density at radius 1 is 1.20 bits per heavy atom. The predicted molar refractivity (Wildman–Crippen MR) is 90.6 cm³/mol. The van der Waals surface area contributed by atoms with Crippen LogP contribution in [0.2, 0.25) is 0 Å². The Morgan fingerprint density at radius 2 is 1.75 bits per heavy atom. The summed E-state index contributed by atoms with van der Waals surface area (Å²) in [7, 11) is 0. The van der Waals surface area contributed by atoms with Crippen LogP contribution in [0.4, 0.5) is 0 Å². The van der Waals surface area contributed by atoms with Gasteiger partial charge >= 0.3 is 0 Å². The van der Waals surface area contributed by atoms with Gasteiger partial charge in [-0.05, 0) is 60.9 Å². The third kappa shape index (κ3) is 4.49. The van der Waals surface area contributed by atoms with Crippen molar-refractivity contribution in [2.24, 2.45) is 0 Å². The lowest BCUT2D eigenvalue weighted by Gasteiger charge is -2.24. The fourth-order valence-corrected chi connectivity index (χ4v) is 2.54. The Kier molecular flexibility index (Phi) is 6.01. The van der Waals surface area contributed by atoms with E-state index in [-0.39, 0.29) is 5.41 Å². The van der Waals surface area contributed by atoms with Crippen LogP contribution < -0.4 is 5.32 Å². The zero-order valence-corrected chi connectivity index (χ0v) is 14.1. The van der Waals surface area contributed by atoms with Gasteiger partial charge in [-0.1, -0.05) is 45.9 Å². The quantitative estimate of drug-likeness (QED) is 0.741. The van der Waals surface area contributed by atoms with Crippen LogP contribution in [0.25, 0.3) is 0 Å². The Balaban J connectivity index is 2.99. The van der Waals surface area contributed by atoms with Gasteiger partial charge in [-0.2, -0.15) is 0 Å². The van der Waals surface area contributed by atoms with Gasteiger partial charge in [0.1, 0.15) is 0 Å². The van der Waals surface area contributed by atoms with Gasteiger partial charge < -0.3 is 5.32 Å². The van der Waals surface area contributed by atoms with Crippen LogP contribution in [0.5, 0.6) is 0 Å². The van der Waals surface area contributed by atoms with Crippen molar-refractivity contribution in [3.05, 3.63) is 47.0 Å². The van der Waals surface area contributed by atoms with E-state index in [1.54, 1.807) is 0 Å². The van der Waals surface area contributed by atoms with Crippen LogP contribution in [0, 0.1) is 13.8 Å². The van der Waals surface area contributed by atoms with Crippen LogP contribution in [0.3, 0.4) is 0 Å². The second kappa shape index (κ2) is 7.08. The average molecular weight is 273 g/mol. The highest BCUT2D eigenvalue weighted by Crippen LogP contribution is 2.27. The van der Waals surface area contributed by atoms with Crippen LogP contribution in [0.1, 0.15) is 56.4 Å². The molecule has 1 aromatic rings. The molecule has 20 heavy (non-hydrogen) atoms. The maximum Gasteiger partial charge on any atom is 0.0288 e. The van der Waals surface area contributed by atoms with E-state index in [2.05, 4.69) is 65.6 Å². The Hall–Kier alpha value is -1.08. The van der Waals surface area contributed by atoms with Gasteiger partial charge in [0.25, 0.3) is 0 Å². The lowest BCUT2D eigenvalue weighted by Crippen LogP contribution is -2.30. The van der Waals surface area contributed by atoms with Crippen molar-refractivity contribution in [1.29, 1.82) is 0 Å². The van der Waals surface area contributed by atoms with Gasteiger partial charge in [0.05, 0.1) is 0 Å². The van der Waals surface area contributed by atoms with E-state index in [0.29, 0.717) is 6.04 Å². The first kappa shape index (κ1) is 17.0. The summed E-state index contributed by atoms with van der Waals surface area (Å²) in [5.74, 6) is 0. The molecule has 0 spiro atoms. The topological polar surface area (TPSA) is 12.0 Å². The van der Waals surface area contributed by atoms with E-state index in [9.17, 15) is 0 Å². The first-order chi connectivity index (χ1) is 9.29. The maximum atomic E-state index is 3.96. The van der Waals surface area contributed by atoms with E-state index in [1.807, 2.05) is 6.08 Å². The molecular weight excluding hydrogens is 242 g/mol. The van der Waals surface area contributed by atoms with Crippen molar-refractivity contribution in [2.75, 3.05) is 6.54 Å². The van der Waals surface area contributed by atoms with Crippen LogP contribution in [0.15, 0.2) is 24.8 Å². The molecule has 0 aromatic heterocycles. The Labute approximate surface area is 125 Å². The Bertz CT molecular complexity index is 428. The number of hydrogen-bond acceptors (Lipinski definition) is 1. The van der Waals surface area contributed by atoms with Crippen molar-refractivity contribution in [1.82, 2.24) is 5.32 Å². The number of rotatable bonds is 6. The van der Waals surface area contributed by atoms with Crippen LogP contribution in [-0.4, -0.2) is 12.6 Å². The third-order valence-corrected chi connectivity index (χ3v) is 3.93. The minimum atomic E-state index is 0.215. The summed E-state index contributed by atoms with van der Waals surface area (Å²) in [4.78, 5) is 0. The van der Waals surface area contributed by atoms with Gasteiger partial charge in [0.15, 0.2) is 0 Å². The molecule has 0 aliphatic heterocycles. The lowest BCUT2D eigenvalue weighted by molar-refractivity contribution is 0.578.